The lowest BCUT2D eigenvalue weighted by Crippen LogP contribution is -2.04. The van der Waals surface area contributed by atoms with Gasteiger partial charge in [-0.3, -0.25) is 4.79 Å². The maximum Gasteiger partial charge on any atom is 0.255 e. The molecule has 0 atom stereocenters. The van der Waals surface area contributed by atoms with Gasteiger partial charge in [0.15, 0.2) is 23.3 Å². The minimum atomic E-state index is -2.32. The van der Waals surface area contributed by atoms with Crippen LogP contribution >= 0.6 is 11.6 Å². The van der Waals surface area contributed by atoms with Gasteiger partial charge in [0.25, 0.3) is 5.24 Å². The van der Waals surface area contributed by atoms with Crippen LogP contribution in [0.2, 0.25) is 0 Å². The molecule has 1 nitrogen and oxygen atoms in total. The Bertz CT molecular complexity index is 730. The molecule has 0 amide bonds. The second-order valence-electron chi connectivity index (χ2n) is 3.91. The number of hydrogen-bond donors (Lipinski definition) is 0. The SMILES string of the molecule is O=C(Cl)c1ccc(-c2c(F)c(F)c(F)c(F)c2F)cc1F. The molecule has 0 N–H and O–H groups in total. The zero-order valence-electron chi connectivity index (χ0n) is 9.79. The predicted octanol–water partition coefficient (Wildman–Crippen LogP) is 4.57. The highest BCUT2D eigenvalue weighted by Crippen LogP contribution is 2.32. The summed E-state index contributed by atoms with van der Waals surface area (Å²) in [6.07, 6.45) is 0. The van der Waals surface area contributed by atoms with Crippen molar-refractivity contribution in [2.24, 2.45) is 0 Å². The lowest BCUT2D eigenvalue weighted by molar-refractivity contribution is 0.107. The van der Waals surface area contributed by atoms with E-state index in [0.717, 1.165) is 12.1 Å². The van der Waals surface area contributed by atoms with Crippen LogP contribution in [-0.2, 0) is 0 Å². The number of benzene rings is 2. The third-order valence-electron chi connectivity index (χ3n) is 2.68. The summed E-state index contributed by atoms with van der Waals surface area (Å²) in [7, 11) is 0. The standard InChI is InChI=1S/C13H3ClF6O/c14-13(21)5-2-1-4(3-6(5)15)7-8(16)10(18)12(20)11(19)9(7)17/h1-3H. The fourth-order valence-corrected chi connectivity index (χ4v) is 1.84. The third kappa shape index (κ3) is 2.49. The summed E-state index contributed by atoms with van der Waals surface area (Å²) in [6, 6.07) is 2.04. The van der Waals surface area contributed by atoms with Crippen molar-refractivity contribution in [2.75, 3.05) is 0 Å². The quantitative estimate of drug-likeness (QED) is 0.342. The Kier molecular flexibility index (Phi) is 3.95. The van der Waals surface area contributed by atoms with Crippen molar-refractivity contribution in [3.8, 4) is 11.1 Å². The van der Waals surface area contributed by atoms with Crippen molar-refractivity contribution in [3.05, 3.63) is 58.7 Å². The van der Waals surface area contributed by atoms with Gasteiger partial charge in [0, 0.05) is 0 Å². The lowest BCUT2D eigenvalue weighted by atomic mass is 10.0. The van der Waals surface area contributed by atoms with Gasteiger partial charge in [-0.2, -0.15) is 0 Å². The Morgan fingerprint density at radius 1 is 0.810 bits per heavy atom. The molecule has 0 heterocycles. The van der Waals surface area contributed by atoms with Crippen molar-refractivity contribution in [2.45, 2.75) is 0 Å². The smallest absolute Gasteiger partial charge is 0.255 e. The van der Waals surface area contributed by atoms with E-state index < -0.39 is 56.8 Å². The minimum absolute atomic E-state index is 0.452. The number of carbonyl (C=O) groups is 1. The summed E-state index contributed by atoms with van der Waals surface area (Å²) in [5.41, 5.74) is -2.51. The van der Waals surface area contributed by atoms with E-state index in [1.165, 1.54) is 0 Å². The maximum absolute atomic E-state index is 13.5. The van der Waals surface area contributed by atoms with E-state index >= 15 is 0 Å². The van der Waals surface area contributed by atoms with Crippen molar-refractivity contribution in [1.82, 2.24) is 0 Å². The Labute approximate surface area is 118 Å². The van der Waals surface area contributed by atoms with E-state index in [1.54, 1.807) is 0 Å². The molecule has 2 rings (SSSR count). The Morgan fingerprint density at radius 3 is 1.71 bits per heavy atom. The molecule has 0 aliphatic heterocycles. The van der Waals surface area contributed by atoms with E-state index in [-0.39, 0.29) is 0 Å². The number of carbonyl (C=O) groups excluding carboxylic acids is 1. The number of hydrogen-bond acceptors (Lipinski definition) is 1. The molecule has 21 heavy (non-hydrogen) atoms. The molecule has 0 radical (unpaired) electrons. The average Bonchev–Trinajstić information content (AvgIpc) is 2.43. The normalized spacial score (nSPS) is 10.8. The minimum Gasteiger partial charge on any atom is -0.275 e. The first kappa shape index (κ1) is 15.4. The van der Waals surface area contributed by atoms with E-state index in [2.05, 4.69) is 0 Å². The second-order valence-corrected chi connectivity index (χ2v) is 4.26. The highest BCUT2D eigenvalue weighted by molar-refractivity contribution is 6.67. The first-order chi connectivity index (χ1) is 9.75. The van der Waals surface area contributed by atoms with Crippen LogP contribution in [0.15, 0.2) is 18.2 Å². The monoisotopic (exact) mass is 324 g/mol. The van der Waals surface area contributed by atoms with E-state index in [9.17, 15) is 31.1 Å². The molecule has 8 heteroatoms. The van der Waals surface area contributed by atoms with Crippen LogP contribution in [0.5, 0.6) is 0 Å². The summed E-state index contributed by atoms with van der Waals surface area (Å²) in [4.78, 5) is 10.8. The molecule has 0 unspecified atom stereocenters. The molecule has 2 aromatic carbocycles. The Balaban J connectivity index is 2.74. The van der Waals surface area contributed by atoms with Gasteiger partial charge in [-0.25, -0.2) is 26.3 Å². The zero-order valence-corrected chi connectivity index (χ0v) is 10.5. The van der Waals surface area contributed by atoms with Crippen LogP contribution in [0.1, 0.15) is 10.4 Å². The highest BCUT2D eigenvalue weighted by atomic mass is 35.5. The number of halogens is 7. The maximum atomic E-state index is 13.5. The van der Waals surface area contributed by atoms with Gasteiger partial charge >= 0.3 is 0 Å². The molecule has 0 aliphatic rings. The van der Waals surface area contributed by atoms with Gasteiger partial charge in [-0.05, 0) is 29.3 Å². The van der Waals surface area contributed by atoms with Gasteiger partial charge in [-0.15, -0.1) is 0 Å². The van der Waals surface area contributed by atoms with Crippen LogP contribution in [0, 0.1) is 34.9 Å². The molecule has 0 saturated heterocycles. The summed E-state index contributed by atoms with van der Waals surface area (Å²) < 4.78 is 79.6. The lowest BCUT2D eigenvalue weighted by Gasteiger charge is -2.09. The molecule has 110 valence electrons. The molecule has 0 aliphatic carbocycles. The molecule has 0 spiro atoms. The van der Waals surface area contributed by atoms with Gasteiger partial charge < -0.3 is 0 Å². The Morgan fingerprint density at radius 2 is 1.29 bits per heavy atom. The number of rotatable bonds is 2. The zero-order chi connectivity index (χ0) is 15.9. The van der Waals surface area contributed by atoms with Crippen LogP contribution < -0.4 is 0 Å². The van der Waals surface area contributed by atoms with Gasteiger partial charge in [0.1, 0.15) is 5.82 Å². The molecular weight excluding hydrogens is 322 g/mol. The van der Waals surface area contributed by atoms with E-state index in [1.807, 2.05) is 0 Å². The summed E-state index contributed by atoms with van der Waals surface area (Å²) in [6.45, 7) is 0. The largest absolute Gasteiger partial charge is 0.275 e. The molecule has 2 aromatic rings. The van der Waals surface area contributed by atoms with Gasteiger partial charge in [0.2, 0.25) is 5.82 Å². The van der Waals surface area contributed by atoms with Gasteiger partial charge in [0.05, 0.1) is 11.1 Å². The van der Waals surface area contributed by atoms with Crippen molar-refractivity contribution in [1.29, 1.82) is 0 Å². The Hall–Kier alpha value is -2.02. The average molecular weight is 325 g/mol. The van der Waals surface area contributed by atoms with Crippen molar-refractivity contribution >= 4 is 16.8 Å². The van der Waals surface area contributed by atoms with E-state index in [4.69, 9.17) is 11.6 Å². The van der Waals surface area contributed by atoms with Crippen molar-refractivity contribution < 1.29 is 31.1 Å². The molecule has 0 bridgehead atoms. The second kappa shape index (κ2) is 5.40. The third-order valence-corrected chi connectivity index (χ3v) is 2.88. The van der Waals surface area contributed by atoms with Gasteiger partial charge in [-0.1, -0.05) is 6.07 Å². The fraction of sp³-hybridized carbons (Fsp3) is 0. The predicted molar refractivity (Wildman–Crippen MR) is 61.8 cm³/mol. The summed E-state index contributed by atoms with van der Waals surface area (Å²) in [5.74, 6) is -12.1. The summed E-state index contributed by atoms with van der Waals surface area (Å²) >= 11 is 5.04. The molecule has 0 saturated carbocycles. The molecule has 0 fully saturated rings. The molecular formula is C13H3ClF6O. The van der Waals surface area contributed by atoms with Crippen molar-refractivity contribution in [3.63, 3.8) is 0 Å². The first-order valence-corrected chi connectivity index (χ1v) is 5.64. The van der Waals surface area contributed by atoms with Crippen LogP contribution in [0.25, 0.3) is 11.1 Å². The first-order valence-electron chi connectivity index (χ1n) is 5.27. The molecule has 0 aromatic heterocycles. The fourth-order valence-electron chi connectivity index (χ4n) is 1.69. The topological polar surface area (TPSA) is 17.1 Å². The summed E-state index contributed by atoms with van der Waals surface area (Å²) in [5, 5.41) is -1.17. The van der Waals surface area contributed by atoms with Crippen LogP contribution in [0.4, 0.5) is 26.3 Å². The highest BCUT2D eigenvalue weighted by Gasteiger charge is 2.27. The van der Waals surface area contributed by atoms with Crippen LogP contribution in [0.3, 0.4) is 0 Å². The van der Waals surface area contributed by atoms with Crippen LogP contribution in [-0.4, -0.2) is 5.24 Å². The van der Waals surface area contributed by atoms with E-state index in [0.29, 0.717) is 6.07 Å².